The van der Waals surface area contributed by atoms with Gasteiger partial charge in [-0.2, -0.15) is 0 Å². The van der Waals surface area contributed by atoms with Crippen LogP contribution in [-0.4, -0.2) is 79.1 Å². The fraction of sp³-hybridized carbons (Fsp3) is 0.867. The van der Waals surface area contributed by atoms with Crippen molar-refractivity contribution in [2.24, 2.45) is 5.73 Å². The molecular weight excluding hydrogens is 284 g/mol. The van der Waals surface area contributed by atoms with Crippen molar-refractivity contribution in [2.75, 3.05) is 45.9 Å². The summed E-state index contributed by atoms with van der Waals surface area (Å²) in [5.74, 6) is -0.381. The van der Waals surface area contributed by atoms with E-state index in [9.17, 15) is 9.59 Å². The average molecular weight is 312 g/mol. The van der Waals surface area contributed by atoms with Gasteiger partial charge in [0.05, 0.1) is 25.8 Å². The number of nitrogens with zero attached hydrogens (tertiary/aromatic N) is 2. The molecule has 2 fully saturated rings. The zero-order chi connectivity index (χ0) is 16.2. The van der Waals surface area contributed by atoms with E-state index >= 15 is 0 Å². The van der Waals surface area contributed by atoms with Crippen molar-refractivity contribution in [3.05, 3.63) is 0 Å². The maximum atomic E-state index is 12.1. The maximum absolute atomic E-state index is 12.1. The molecule has 0 bridgehead atoms. The van der Waals surface area contributed by atoms with Crippen molar-refractivity contribution in [3.63, 3.8) is 0 Å². The van der Waals surface area contributed by atoms with Gasteiger partial charge in [0.25, 0.3) is 0 Å². The van der Waals surface area contributed by atoms with Gasteiger partial charge in [0.15, 0.2) is 0 Å². The first kappa shape index (κ1) is 17.2. The lowest BCUT2D eigenvalue weighted by atomic mass is 10.0. The predicted molar refractivity (Wildman–Crippen MR) is 83.3 cm³/mol. The molecule has 2 amide bonds. The van der Waals surface area contributed by atoms with Crippen LogP contribution in [0.4, 0.5) is 0 Å². The molecule has 0 unspecified atom stereocenters. The standard InChI is InChI=1S/C15H28N4O3/c1-15(2,19-6-8-22-9-7-19)11-17-13(20)10-18-5-3-4-12(18)14(16)21/h12H,3-11H2,1-2H3,(H2,16,21)(H,17,20)/t12-/m0/s1. The van der Waals surface area contributed by atoms with Crippen LogP contribution in [0.15, 0.2) is 0 Å². The molecule has 0 aromatic carbocycles. The lowest BCUT2D eigenvalue weighted by molar-refractivity contribution is -0.126. The van der Waals surface area contributed by atoms with Gasteiger partial charge < -0.3 is 15.8 Å². The number of nitrogens with two attached hydrogens (primary N) is 1. The number of primary amides is 1. The van der Waals surface area contributed by atoms with Gasteiger partial charge in [-0.1, -0.05) is 0 Å². The number of rotatable bonds is 6. The molecule has 0 aliphatic carbocycles. The zero-order valence-corrected chi connectivity index (χ0v) is 13.6. The number of nitrogens with one attached hydrogen (secondary N) is 1. The Balaban J connectivity index is 1.78. The second-order valence-corrected chi connectivity index (χ2v) is 6.72. The number of hydrogen-bond acceptors (Lipinski definition) is 5. The van der Waals surface area contributed by atoms with Crippen LogP contribution >= 0.6 is 0 Å². The molecule has 0 aromatic heterocycles. The molecule has 2 rings (SSSR count). The van der Waals surface area contributed by atoms with Crippen molar-refractivity contribution >= 4 is 11.8 Å². The van der Waals surface area contributed by atoms with Crippen LogP contribution in [0.1, 0.15) is 26.7 Å². The van der Waals surface area contributed by atoms with Crippen molar-refractivity contribution < 1.29 is 14.3 Å². The average Bonchev–Trinajstić information content (AvgIpc) is 2.94. The third-order valence-electron chi connectivity index (χ3n) is 4.62. The van der Waals surface area contributed by atoms with Crippen LogP contribution in [0.3, 0.4) is 0 Å². The molecule has 0 aromatic rings. The summed E-state index contributed by atoms with van der Waals surface area (Å²) in [4.78, 5) is 27.7. The van der Waals surface area contributed by atoms with E-state index in [1.807, 2.05) is 4.90 Å². The first-order valence-corrected chi connectivity index (χ1v) is 8.03. The number of morpholine rings is 1. The van der Waals surface area contributed by atoms with Gasteiger partial charge in [-0.15, -0.1) is 0 Å². The van der Waals surface area contributed by atoms with Gasteiger partial charge in [-0.05, 0) is 33.2 Å². The van der Waals surface area contributed by atoms with Gasteiger partial charge in [0, 0.05) is 25.2 Å². The molecule has 1 atom stereocenters. The van der Waals surface area contributed by atoms with E-state index in [1.165, 1.54) is 0 Å². The highest BCUT2D eigenvalue weighted by Gasteiger charge is 2.32. The first-order valence-electron chi connectivity index (χ1n) is 8.03. The van der Waals surface area contributed by atoms with Crippen molar-refractivity contribution in [2.45, 2.75) is 38.3 Å². The van der Waals surface area contributed by atoms with E-state index in [-0.39, 0.29) is 29.9 Å². The van der Waals surface area contributed by atoms with Gasteiger partial charge in [-0.25, -0.2) is 0 Å². The van der Waals surface area contributed by atoms with E-state index in [1.54, 1.807) is 0 Å². The summed E-state index contributed by atoms with van der Waals surface area (Å²) in [6, 6.07) is -0.294. The molecule has 0 saturated carbocycles. The van der Waals surface area contributed by atoms with Gasteiger partial charge in [-0.3, -0.25) is 19.4 Å². The van der Waals surface area contributed by atoms with E-state index < -0.39 is 0 Å². The smallest absolute Gasteiger partial charge is 0.234 e. The Kier molecular flexibility index (Phi) is 5.77. The summed E-state index contributed by atoms with van der Waals surface area (Å²) in [6.45, 7) is 9.09. The zero-order valence-electron chi connectivity index (χ0n) is 13.6. The molecule has 0 spiro atoms. The summed E-state index contributed by atoms with van der Waals surface area (Å²) in [5.41, 5.74) is 5.27. The molecular formula is C15H28N4O3. The second-order valence-electron chi connectivity index (χ2n) is 6.72. The second kappa shape index (κ2) is 7.39. The fourth-order valence-electron chi connectivity index (χ4n) is 3.17. The van der Waals surface area contributed by atoms with Crippen LogP contribution < -0.4 is 11.1 Å². The van der Waals surface area contributed by atoms with E-state index in [0.29, 0.717) is 6.54 Å². The topological polar surface area (TPSA) is 87.9 Å². The minimum absolute atomic E-state index is 0.0468. The number of likely N-dealkylation sites (tertiary alicyclic amines) is 1. The number of amides is 2. The van der Waals surface area contributed by atoms with E-state index in [2.05, 4.69) is 24.1 Å². The Hall–Kier alpha value is -1.18. The molecule has 0 radical (unpaired) electrons. The third kappa shape index (κ3) is 4.41. The van der Waals surface area contributed by atoms with E-state index in [0.717, 1.165) is 45.7 Å². The third-order valence-corrected chi connectivity index (χ3v) is 4.62. The van der Waals surface area contributed by atoms with Crippen molar-refractivity contribution in [1.82, 2.24) is 15.1 Å². The summed E-state index contributed by atoms with van der Waals surface area (Å²) in [6.07, 6.45) is 1.67. The van der Waals surface area contributed by atoms with Crippen LogP contribution in [0.2, 0.25) is 0 Å². The number of carbonyl (C=O) groups is 2. The molecule has 3 N–H and O–H groups in total. The fourth-order valence-corrected chi connectivity index (χ4v) is 3.17. The Labute approximate surface area is 132 Å². The predicted octanol–water partition coefficient (Wildman–Crippen LogP) is -0.837. The lowest BCUT2D eigenvalue weighted by Crippen LogP contribution is -2.56. The van der Waals surface area contributed by atoms with Crippen LogP contribution in [0.25, 0.3) is 0 Å². The largest absolute Gasteiger partial charge is 0.379 e. The summed E-state index contributed by atoms with van der Waals surface area (Å²) in [7, 11) is 0. The Morgan fingerprint density at radius 3 is 2.59 bits per heavy atom. The summed E-state index contributed by atoms with van der Waals surface area (Å²) in [5, 5.41) is 2.99. The quantitative estimate of drug-likeness (QED) is 0.668. The molecule has 7 nitrogen and oxygen atoms in total. The Bertz CT molecular complexity index is 408. The molecule has 7 heteroatoms. The van der Waals surface area contributed by atoms with Gasteiger partial charge in [0.1, 0.15) is 0 Å². The minimum atomic E-state index is -0.334. The molecule has 126 valence electrons. The lowest BCUT2D eigenvalue weighted by Gasteiger charge is -2.41. The molecule has 2 aliphatic heterocycles. The highest BCUT2D eigenvalue weighted by Crippen LogP contribution is 2.17. The minimum Gasteiger partial charge on any atom is -0.379 e. The highest BCUT2D eigenvalue weighted by molar-refractivity contribution is 5.82. The monoisotopic (exact) mass is 312 g/mol. The Morgan fingerprint density at radius 2 is 1.95 bits per heavy atom. The molecule has 2 aliphatic rings. The molecule has 2 saturated heterocycles. The number of hydrogen-bond donors (Lipinski definition) is 2. The van der Waals surface area contributed by atoms with Crippen LogP contribution in [0.5, 0.6) is 0 Å². The summed E-state index contributed by atoms with van der Waals surface area (Å²) >= 11 is 0. The number of ether oxygens (including phenoxy) is 1. The van der Waals surface area contributed by atoms with Gasteiger partial charge >= 0.3 is 0 Å². The molecule has 2 heterocycles. The van der Waals surface area contributed by atoms with Gasteiger partial charge in [0.2, 0.25) is 11.8 Å². The highest BCUT2D eigenvalue weighted by atomic mass is 16.5. The van der Waals surface area contributed by atoms with Crippen molar-refractivity contribution in [1.29, 1.82) is 0 Å². The number of carbonyl (C=O) groups excluding carboxylic acids is 2. The van der Waals surface area contributed by atoms with E-state index in [4.69, 9.17) is 10.5 Å². The summed E-state index contributed by atoms with van der Waals surface area (Å²) < 4.78 is 5.36. The normalized spacial score (nSPS) is 24.4. The molecule has 22 heavy (non-hydrogen) atoms. The Morgan fingerprint density at radius 1 is 1.27 bits per heavy atom. The van der Waals surface area contributed by atoms with Crippen LogP contribution in [0, 0.1) is 0 Å². The maximum Gasteiger partial charge on any atom is 0.234 e. The van der Waals surface area contributed by atoms with Crippen molar-refractivity contribution in [3.8, 4) is 0 Å². The van der Waals surface area contributed by atoms with Crippen LogP contribution in [-0.2, 0) is 14.3 Å². The SMILES string of the molecule is CC(C)(CNC(=O)CN1CCC[C@H]1C(N)=O)N1CCOCC1. The first-order chi connectivity index (χ1) is 10.4.